The summed E-state index contributed by atoms with van der Waals surface area (Å²) >= 11 is 0. The minimum Gasteiger partial charge on any atom is -0.326 e. The zero-order valence-electron chi connectivity index (χ0n) is 19.3. The van der Waals surface area contributed by atoms with E-state index in [4.69, 9.17) is 0 Å². The molecule has 35 heavy (non-hydrogen) atoms. The molecule has 0 spiro atoms. The summed E-state index contributed by atoms with van der Waals surface area (Å²) in [6, 6.07) is 14.9. The number of amides is 4. The number of carbonyl (C=O) groups excluding carboxylic acids is 3. The number of imide groups is 1. The highest BCUT2D eigenvalue weighted by Crippen LogP contribution is 2.29. The number of nitrogens with one attached hydrogen (secondary N) is 1. The molecule has 3 aliphatic rings. The summed E-state index contributed by atoms with van der Waals surface area (Å²) in [6.45, 7) is 1.36. The van der Waals surface area contributed by atoms with Crippen LogP contribution in [-0.2, 0) is 26.2 Å². The van der Waals surface area contributed by atoms with Crippen molar-refractivity contribution >= 4 is 33.6 Å². The number of rotatable bonds is 6. The van der Waals surface area contributed by atoms with E-state index in [0.717, 1.165) is 12.0 Å². The van der Waals surface area contributed by atoms with Crippen LogP contribution in [0.5, 0.6) is 0 Å². The Morgan fingerprint density at radius 1 is 0.943 bits per heavy atom. The number of nitrogens with zero attached hydrogens (tertiary/aromatic N) is 3. The Morgan fingerprint density at radius 3 is 2.40 bits per heavy atom. The summed E-state index contributed by atoms with van der Waals surface area (Å²) in [4.78, 5) is 41.2. The molecule has 4 amide bonds. The highest BCUT2D eigenvalue weighted by Gasteiger charge is 2.47. The minimum absolute atomic E-state index is 0.154. The van der Waals surface area contributed by atoms with Crippen LogP contribution in [0.3, 0.4) is 0 Å². The van der Waals surface area contributed by atoms with Crippen LogP contribution in [-0.4, -0.2) is 66.0 Å². The molecular formula is C25H28N4O5S. The van der Waals surface area contributed by atoms with Crippen molar-refractivity contribution in [2.75, 3.05) is 25.0 Å². The summed E-state index contributed by atoms with van der Waals surface area (Å²) in [5.74, 6) is -0.609. The second-order valence-electron chi connectivity index (χ2n) is 9.24. The third-order valence-corrected chi connectivity index (χ3v) is 8.93. The molecule has 0 aromatic heterocycles. The van der Waals surface area contributed by atoms with Gasteiger partial charge in [-0.15, -0.1) is 0 Å². The predicted octanol–water partition coefficient (Wildman–Crippen LogP) is 2.65. The third-order valence-electron chi connectivity index (χ3n) is 7.02. The average Bonchev–Trinajstić information content (AvgIpc) is 3.44. The maximum absolute atomic E-state index is 12.9. The Bertz CT molecular complexity index is 1220. The van der Waals surface area contributed by atoms with E-state index in [1.54, 1.807) is 53.4 Å². The molecule has 0 saturated carbocycles. The summed E-state index contributed by atoms with van der Waals surface area (Å²) in [7, 11) is -3.56. The number of piperidine rings is 1. The van der Waals surface area contributed by atoms with Gasteiger partial charge in [0, 0.05) is 31.2 Å². The van der Waals surface area contributed by atoms with E-state index in [1.165, 1.54) is 9.21 Å². The van der Waals surface area contributed by atoms with Gasteiger partial charge < -0.3 is 10.2 Å². The number of hydrogen-bond acceptors (Lipinski definition) is 5. The van der Waals surface area contributed by atoms with E-state index in [9.17, 15) is 22.8 Å². The fraction of sp³-hybridized carbons (Fsp3) is 0.400. The number of anilines is 1. The van der Waals surface area contributed by atoms with Gasteiger partial charge in [0.25, 0.3) is 5.91 Å². The van der Waals surface area contributed by atoms with Gasteiger partial charge in [0.15, 0.2) is 0 Å². The fourth-order valence-corrected chi connectivity index (χ4v) is 6.59. The summed E-state index contributed by atoms with van der Waals surface area (Å²) < 4.78 is 27.1. The molecule has 1 unspecified atom stereocenters. The molecule has 184 valence electrons. The van der Waals surface area contributed by atoms with Crippen LogP contribution in [0.15, 0.2) is 59.5 Å². The van der Waals surface area contributed by atoms with Crippen LogP contribution in [0.4, 0.5) is 10.5 Å². The fourth-order valence-electron chi connectivity index (χ4n) is 5.10. The maximum atomic E-state index is 12.9. The van der Waals surface area contributed by atoms with Crippen molar-refractivity contribution in [3.05, 3.63) is 60.2 Å². The van der Waals surface area contributed by atoms with Crippen LogP contribution < -0.4 is 5.32 Å². The summed E-state index contributed by atoms with van der Waals surface area (Å²) in [6.07, 6.45) is 2.44. The van der Waals surface area contributed by atoms with Crippen LogP contribution in [0.1, 0.15) is 31.2 Å². The van der Waals surface area contributed by atoms with Gasteiger partial charge in [-0.05, 0) is 55.5 Å². The molecule has 3 saturated heterocycles. The quantitative estimate of drug-likeness (QED) is 0.619. The normalized spacial score (nSPS) is 21.4. The Hall–Kier alpha value is -3.24. The standard InChI is InChI=1S/C25H28N4O5S/c30-23(19-11-14-27(15-12-19)35(33,34)21-8-2-1-3-9-21)26-20-7-4-6-18(16-20)17-29-24(31)22-10-5-13-28(22)25(29)32/h1-4,6-9,16,19,22H,5,10-15,17H2,(H,26,30). The summed E-state index contributed by atoms with van der Waals surface area (Å²) in [5, 5.41) is 2.92. The average molecular weight is 497 g/mol. The zero-order valence-corrected chi connectivity index (χ0v) is 20.1. The van der Waals surface area contributed by atoms with E-state index in [0.29, 0.717) is 31.5 Å². The molecule has 2 aromatic carbocycles. The first-order valence-electron chi connectivity index (χ1n) is 11.9. The highest BCUT2D eigenvalue weighted by molar-refractivity contribution is 7.89. The number of sulfonamides is 1. The van der Waals surface area contributed by atoms with E-state index >= 15 is 0 Å². The molecule has 10 heteroatoms. The van der Waals surface area contributed by atoms with Crippen molar-refractivity contribution < 1.29 is 22.8 Å². The van der Waals surface area contributed by atoms with E-state index in [-0.39, 0.29) is 54.3 Å². The molecule has 1 N–H and O–H groups in total. The molecule has 0 aliphatic carbocycles. The molecule has 2 aromatic rings. The zero-order chi connectivity index (χ0) is 24.6. The molecule has 3 heterocycles. The van der Waals surface area contributed by atoms with Crippen molar-refractivity contribution in [3.8, 4) is 0 Å². The predicted molar refractivity (Wildman–Crippen MR) is 129 cm³/mol. The summed E-state index contributed by atoms with van der Waals surface area (Å²) in [5.41, 5.74) is 1.35. The largest absolute Gasteiger partial charge is 0.327 e. The van der Waals surface area contributed by atoms with Gasteiger partial charge in [-0.2, -0.15) is 4.31 Å². The molecule has 5 rings (SSSR count). The van der Waals surface area contributed by atoms with Gasteiger partial charge in [0.2, 0.25) is 15.9 Å². The molecule has 0 radical (unpaired) electrons. The molecule has 3 aliphatic heterocycles. The van der Waals surface area contributed by atoms with Crippen molar-refractivity contribution in [2.45, 2.75) is 43.2 Å². The van der Waals surface area contributed by atoms with Crippen molar-refractivity contribution in [2.24, 2.45) is 5.92 Å². The second kappa shape index (κ2) is 9.43. The van der Waals surface area contributed by atoms with Gasteiger partial charge >= 0.3 is 6.03 Å². The minimum atomic E-state index is -3.56. The topological polar surface area (TPSA) is 107 Å². The van der Waals surface area contributed by atoms with Crippen molar-refractivity contribution in [3.63, 3.8) is 0 Å². The molecule has 9 nitrogen and oxygen atoms in total. The van der Waals surface area contributed by atoms with Gasteiger partial charge in [0.1, 0.15) is 6.04 Å². The molecule has 1 atom stereocenters. The number of benzene rings is 2. The van der Waals surface area contributed by atoms with E-state index in [1.807, 2.05) is 6.07 Å². The lowest BCUT2D eigenvalue weighted by Crippen LogP contribution is -2.41. The monoisotopic (exact) mass is 496 g/mol. The Labute approximate surface area is 204 Å². The van der Waals surface area contributed by atoms with Gasteiger partial charge in [-0.25, -0.2) is 13.2 Å². The SMILES string of the molecule is O=C(Nc1cccc(CN2C(=O)C3CCCN3C2=O)c1)C1CCN(S(=O)(=O)c2ccccc2)CC1. The van der Waals surface area contributed by atoms with Crippen LogP contribution in [0, 0.1) is 5.92 Å². The lowest BCUT2D eigenvalue weighted by molar-refractivity contribution is -0.128. The number of urea groups is 1. The first kappa shape index (κ1) is 23.5. The van der Waals surface area contributed by atoms with Crippen molar-refractivity contribution in [1.29, 1.82) is 0 Å². The van der Waals surface area contributed by atoms with Gasteiger partial charge in [-0.1, -0.05) is 30.3 Å². The van der Waals surface area contributed by atoms with Crippen LogP contribution in [0.25, 0.3) is 0 Å². The van der Waals surface area contributed by atoms with Gasteiger partial charge in [0.05, 0.1) is 11.4 Å². The first-order valence-corrected chi connectivity index (χ1v) is 13.4. The van der Waals surface area contributed by atoms with Gasteiger partial charge in [-0.3, -0.25) is 14.5 Å². The van der Waals surface area contributed by atoms with E-state index < -0.39 is 10.0 Å². The lowest BCUT2D eigenvalue weighted by Gasteiger charge is -2.30. The maximum Gasteiger partial charge on any atom is 0.327 e. The smallest absolute Gasteiger partial charge is 0.326 e. The molecule has 0 bridgehead atoms. The van der Waals surface area contributed by atoms with Crippen molar-refractivity contribution in [1.82, 2.24) is 14.1 Å². The third kappa shape index (κ3) is 4.55. The number of carbonyl (C=O) groups is 3. The Balaban J connectivity index is 1.18. The number of hydrogen-bond donors (Lipinski definition) is 1. The lowest BCUT2D eigenvalue weighted by atomic mass is 9.97. The highest BCUT2D eigenvalue weighted by atomic mass is 32.2. The van der Waals surface area contributed by atoms with E-state index in [2.05, 4.69) is 5.32 Å². The Morgan fingerprint density at radius 2 is 1.69 bits per heavy atom. The second-order valence-corrected chi connectivity index (χ2v) is 11.2. The van der Waals surface area contributed by atoms with Crippen LogP contribution in [0.2, 0.25) is 0 Å². The number of fused-ring (bicyclic) bond motifs is 1. The molecular weight excluding hydrogens is 468 g/mol. The Kier molecular flexibility index (Phi) is 6.33. The molecule has 3 fully saturated rings. The van der Waals surface area contributed by atoms with Crippen LogP contribution >= 0.6 is 0 Å². The first-order chi connectivity index (χ1) is 16.8.